The first-order valence-electron chi connectivity index (χ1n) is 10.9. The van der Waals surface area contributed by atoms with Crippen molar-refractivity contribution in [2.75, 3.05) is 39.9 Å². The molecule has 1 heterocycles. The molecule has 0 aliphatic rings. The zero-order chi connectivity index (χ0) is 24.6. The van der Waals surface area contributed by atoms with Gasteiger partial charge in [0.05, 0.1) is 26.5 Å². The van der Waals surface area contributed by atoms with Gasteiger partial charge in [-0.05, 0) is 66.7 Å². The van der Waals surface area contributed by atoms with Crippen LogP contribution in [0.2, 0.25) is 0 Å². The second-order valence-corrected chi connectivity index (χ2v) is 7.43. The van der Waals surface area contributed by atoms with Crippen LogP contribution in [0, 0.1) is 0 Å². The fourth-order valence-corrected chi connectivity index (χ4v) is 3.33. The number of aromatic nitrogens is 3. The molecule has 1 amide bonds. The highest BCUT2D eigenvalue weighted by molar-refractivity contribution is 6.04. The highest BCUT2D eigenvalue weighted by Crippen LogP contribution is 2.26. The number of anilines is 1. The van der Waals surface area contributed by atoms with Crippen molar-refractivity contribution in [3.8, 4) is 34.6 Å². The van der Waals surface area contributed by atoms with Crippen LogP contribution in [0.3, 0.4) is 0 Å². The predicted molar refractivity (Wildman–Crippen MR) is 132 cm³/mol. The molecular formula is C26H26N4O5. The van der Waals surface area contributed by atoms with Crippen molar-refractivity contribution in [2.45, 2.75) is 0 Å². The molecule has 0 aliphatic heterocycles. The van der Waals surface area contributed by atoms with Gasteiger partial charge in [-0.3, -0.25) is 4.79 Å². The molecule has 0 spiro atoms. The summed E-state index contributed by atoms with van der Waals surface area (Å²) in [5.41, 5.74) is 2.74. The number of hydrogen-bond donors (Lipinski definition) is 1. The Bertz CT molecular complexity index is 1270. The molecule has 35 heavy (non-hydrogen) atoms. The van der Waals surface area contributed by atoms with Gasteiger partial charge in [-0.25, -0.2) is 4.68 Å². The van der Waals surface area contributed by atoms with Gasteiger partial charge in [0.1, 0.15) is 18.1 Å². The first-order valence-corrected chi connectivity index (χ1v) is 10.9. The fraction of sp³-hybridized carbons (Fsp3) is 0.192. The minimum atomic E-state index is -0.231. The maximum Gasteiger partial charge on any atom is 0.336 e. The van der Waals surface area contributed by atoms with Crippen molar-refractivity contribution < 1.29 is 23.7 Å². The van der Waals surface area contributed by atoms with Crippen LogP contribution in [0.1, 0.15) is 10.4 Å². The highest BCUT2D eigenvalue weighted by Gasteiger charge is 2.15. The summed E-state index contributed by atoms with van der Waals surface area (Å²) in [7, 11) is 4.79. The van der Waals surface area contributed by atoms with E-state index in [1.165, 1.54) is 0 Å². The standard InChI is InChI=1S/C26H26N4O5/c1-32-15-16-35-26-28-24(18-7-13-22(33-2)14-8-18)30(29-26)21-11-9-20(10-12-21)27-25(31)19-5-4-6-23(17-19)34-3/h4-14,17H,15-16H2,1-3H3,(H,27,31). The number of amides is 1. The van der Waals surface area contributed by atoms with Crippen LogP contribution in [-0.2, 0) is 4.74 Å². The number of benzene rings is 3. The molecule has 1 N–H and O–H groups in total. The van der Waals surface area contributed by atoms with Gasteiger partial charge in [-0.2, -0.15) is 4.98 Å². The van der Waals surface area contributed by atoms with Crippen molar-refractivity contribution in [1.29, 1.82) is 0 Å². The van der Waals surface area contributed by atoms with Crippen molar-refractivity contribution in [3.05, 3.63) is 78.4 Å². The lowest BCUT2D eigenvalue weighted by atomic mass is 10.2. The Labute approximate surface area is 203 Å². The van der Waals surface area contributed by atoms with Crippen LogP contribution in [0.15, 0.2) is 72.8 Å². The molecule has 0 saturated heterocycles. The van der Waals surface area contributed by atoms with E-state index in [9.17, 15) is 4.79 Å². The summed E-state index contributed by atoms with van der Waals surface area (Å²) in [5, 5.41) is 7.42. The maximum absolute atomic E-state index is 12.6. The van der Waals surface area contributed by atoms with Gasteiger partial charge in [-0.1, -0.05) is 6.07 Å². The van der Waals surface area contributed by atoms with Gasteiger partial charge in [-0.15, -0.1) is 5.10 Å². The summed E-state index contributed by atoms with van der Waals surface area (Å²) in [6.07, 6.45) is 0. The number of nitrogens with zero attached hydrogens (tertiary/aromatic N) is 3. The Morgan fingerprint density at radius 2 is 1.63 bits per heavy atom. The fourth-order valence-electron chi connectivity index (χ4n) is 3.33. The molecule has 0 saturated carbocycles. The van der Waals surface area contributed by atoms with E-state index >= 15 is 0 Å². The number of hydrogen-bond acceptors (Lipinski definition) is 7. The van der Waals surface area contributed by atoms with E-state index in [1.54, 1.807) is 62.4 Å². The van der Waals surface area contributed by atoms with E-state index in [2.05, 4.69) is 15.4 Å². The van der Waals surface area contributed by atoms with Gasteiger partial charge in [0.15, 0.2) is 5.82 Å². The average Bonchev–Trinajstić information content (AvgIpc) is 3.33. The van der Waals surface area contributed by atoms with E-state index in [0.29, 0.717) is 36.0 Å². The zero-order valence-electron chi connectivity index (χ0n) is 19.7. The van der Waals surface area contributed by atoms with Crippen LogP contribution in [-0.4, -0.2) is 55.2 Å². The first kappa shape index (κ1) is 23.8. The minimum absolute atomic E-state index is 0.231. The molecule has 180 valence electrons. The van der Waals surface area contributed by atoms with Gasteiger partial charge in [0.2, 0.25) is 0 Å². The molecule has 9 heteroatoms. The third-order valence-corrected chi connectivity index (χ3v) is 5.16. The number of carbonyl (C=O) groups is 1. The van der Waals surface area contributed by atoms with Gasteiger partial charge < -0.3 is 24.3 Å². The molecule has 9 nitrogen and oxygen atoms in total. The quantitative estimate of drug-likeness (QED) is 0.344. The Hall–Kier alpha value is -4.37. The lowest BCUT2D eigenvalue weighted by molar-refractivity contribution is 0.102. The van der Waals surface area contributed by atoms with E-state index in [1.807, 2.05) is 36.4 Å². The molecule has 0 aliphatic carbocycles. The van der Waals surface area contributed by atoms with Crippen LogP contribution in [0.25, 0.3) is 17.1 Å². The predicted octanol–water partition coefficient (Wildman–Crippen LogP) is 4.23. The Kier molecular flexibility index (Phi) is 7.59. The Morgan fingerprint density at radius 1 is 0.886 bits per heavy atom. The second-order valence-electron chi connectivity index (χ2n) is 7.43. The van der Waals surface area contributed by atoms with Crippen LogP contribution < -0.4 is 19.5 Å². The van der Waals surface area contributed by atoms with Crippen molar-refractivity contribution in [1.82, 2.24) is 14.8 Å². The number of rotatable bonds is 10. The summed E-state index contributed by atoms with van der Waals surface area (Å²) in [6.45, 7) is 0.756. The smallest absolute Gasteiger partial charge is 0.336 e. The largest absolute Gasteiger partial charge is 0.497 e. The van der Waals surface area contributed by atoms with E-state index in [-0.39, 0.29) is 11.9 Å². The first-order chi connectivity index (χ1) is 17.1. The SMILES string of the molecule is COCCOc1nc(-c2ccc(OC)cc2)n(-c2ccc(NC(=O)c3cccc(OC)c3)cc2)n1. The van der Waals surface area contributed by atoms with Crippen molar-refractivity contribution in [2.24, 2.45) is 0 Å². The summed E-state index contributed by atoms with van der Waals surface area (Å²) < 4.78 is 22.8. The van der Waals surface area contributed by atoms with Crippen molar-refractivity contribution in [3.63, 3.8) is 0 Å². The normalized spacial score (nSPS) is 10.6. The molecule has 4 rings (SSSR count). The van der Waals surface area contributed by atoms with E-state index in [0.717, 1.165) is 17.0 Å². The lowest BCUT2D eigenvalue weighted by Crippen LogP contribution is -2.12. The van der Waals surface area contributed by atoms with Crippen LogP contribution in [0.4, 0.5) is 5.69 Å². The minimum Gasteiger partial charge on any atom is -0.497 e. The topological polar surface area (TPSA) is 96.7 Å². The molecule has 0 radical (unpaired) electrons. The summed E-state index contributed by atoms with van der Waals surface area (Å²) >= 11 is 0. The average molecular weight is 475 g/mol. The number of carbonyl (C=O) groups excluding carboxylic acids is 1. The molecule has 0 atom stereocenters. The van der Waals surface area contributed by atoms with E-state index < -0.39 is 0 Å². The van der Waals surface area contributed by atoms with Crippen molar-refractivity contribution >= 4 is 11.6 Å². The van der Waals surface area contributed by atoms with Crippen LogP contribution in [0.5, 0.6) is 17.5 Å². The van der Waals surface area contributed by atoms with Crippen LogP contribution >= 0.6 is 0 Å². The molecular weight excluding hydrogens is 448 g/mol. The van der Waals surface area contributed by atoms with E-state index in [4.69, 9.17) is 18.9 Å². The highest BCUT2D eigenvalue weighted by atomic mass is 16.5. The monoisotopic (exact) mass is 474 g/mol. The summed E-state index contributed by atoms with van der Waals surface area (Å²) in [6, 6.07) is 22.0. The molecule has 4 aromatic rings. The zero-order valence-corrected chi connectivity index (χ0v) is 19.7. The maximum atomic E-state index is 12.6. The second kappa shape index (κ2) is 11.2. The number of nitrogens with one attached hydrogen (secondary N) is 1. The Morgan fingerprint density at radius 3 is 2.31 bits per heavy atom. The third-order valence-electron chi connectivity index (χ3n) is 5.16. The number of methoxy groups -OCH3 is 3. The van der Waals surface area contributed by atoms with Gasteiger partial charge in [0, 0.05) is 23.9 Å². The van der Waals surface area contributed by atoms with Gasteiger partial charge >= 0.3 is 6.01 Å². The Balaban J connectivity index is 1.58. The molecule has 0 unspecified atom stereocenters. The number of ether oxygens (including phenoxy) is 4. The summed E-state index contributed by atoms with van der Waals surface area (Å²) in [4.78, 5) is 17.2. The summed E-state index contributed by atoms with van der Waals surface area (Å²) in [5.74, 6) is 1.74. The molecule has 1 aromatic heterocycles. The van der Waals surface area contributed by atoms with Gasteiger partial charge in [0.25, 0.3) is 5.91 Å². The third kappa shape index (κ3) is 5.77. The molecule has 0 fully saturated rings. The lowest BCUT2D eigenvalue weighted by Gasteiger charge is -2.09. The molecule has 0 bridgehead atoms. The molecule has 3 aromatic carbocycles.